The molecule has 0 aliphatic carbocycles. The van der Waals surface area contributed by atoms with Crippen molar-refractivity contribution in [2.45, 2.75) is 58.4 Å². The first-order chi connectivity index (χ1) is 18.2. The number of benzene rings is 3. The van der Waals surface area contributed by atoms with Crippen LogP contribution in [0.15, 0.2) is 54.6 Å². The number of aryl methyl sites for hydroxylation is 1. The van der Waals surface area contributed by atoms with Crippen molar-refractivity contribution in [2.24, 2.45) is 0 Å². The number of aliphatic carboxylic acids is 1. The zero-order chi connectivity index (χ0) is 28.5. The molecule has 1 amide bonds. The van der Waals surface area contributed by atoms with Crippen LogP contribution in [0, 0.1) is 0 Å². The fourth-order valence-electron chi connectivity index (χ4n) is 4.73. The van der Waals surface area contributed by atoms with Gasteiger partial charge in [-0.05, 0) is 91.8 Å². The Morgan fingerprint density at radius 2 is 1.67 bits per heavy atom. The van der Waals surface area contributed by atoms with Gasteiger partial charge >= 0.3 is 12.1 Å². The molecule has 39 heavy (non-hydrogen) atoms. The highest BCUT2D eigenvalue weighted by Gasteiger charge is 2.41. The fraction of sp³-hybridized carbons (Fsp3) is 0.333. The Kier molecular flexibility index (Phi) is 7.75. The Morgan fingerprint density at radius 3 is 2.26 bits per heavy atom. The van der Waals surface area contributed by atoms with Gasteiger partial charge in [-0.2, -0.15) is 13.2 Å². The Balaban J connectivity index is 2.06. The Labute approximate surface area is 224 Å². The van der Waals surface area contributed by atoms with Crippen molar-refractivity contribution < 1.29 is 37.3 Å². The van der Waals surface area contributed by atoms with Gasteiger partial charge in [0, 0.05) is 18.2 Å². The molecular formula is C30H30F3NO5. The van der Waals surface area contributed by atoms with E-state index in [0.717, 1.165) is 18.1 Å². The molecule has 1 atom stereocenters. The monoisotopic (exact) mass is 541 g/mol. The molecule has 1 heterocycles. The average Bonchev–Trinajstić information content (AvgIpc) is 2.85. The lowest BCUT2D eigenvalue weighted by molar-refractivity contribution is -0.163. The second-order valence-corrected chi connectivity index (χ2v) is 10.4. The van der Waals surface area contributed by atoms with Crippen molar-refractivity contribution in [3.8, 4) is 28.0 Å². The summed E-state index contributed by atoms with van der Waals surface area (Å²) in [5.41, 5.74) is 0.223. The second kappa shape index (κ2) is 10.7. The number of carboxylic acids is 1. The minimum Gasteiger partial charge on any atom is -0.493 e. The van der Waals surface area contributed by atoms with Gasteiger partial charge in [0.25, 0.3) is 0 Å². The molecule has 0 saturated carbocycles. The number of nitrogens with one attached hydrogen (secondary N) is 1. The smallest absolute Gasteiger partial charge is 0.416 e. The van der Waals surface area contributed by atoms with Crippen molar-refractivity contribution in [1.82, 2.24) is 0 Å². The van der Waals surface area contributed by atoms with Crippen LogP contribution in [0.3, 0.4) is 0 Å². The normalized spacial score (nSPS) is 14.2. The molecule has 3 aromatic rings. The number of carboxylic acid groups (broad SMARTS) is 1. The van der Waals surface area contributed by atoms with E-state index in [9.17, 15) is 27.9 Å². The number of amides is 1. The predicted octanol–water partition coefficient (Wildman–Crippen LogP) is 7.26. The number of carbonyl (C=O) groups excluding carboxylic acids is 1. The van der Waals surface area contributed by atoms with Crippen molar-refractivity contribution in [3.05, 3.63) is 71.3 Å². The van der Waals surface area contributed by atoms with Crippen LogP contribution in [-0.4, -0.2) is 29.2 Å². The van der Waals surface area contributed by atoms with Crippen LogP contribution in [0.1, 0.15) is 56.9 Å². The summed E-state index contributed by atoms with van der Waals surface area (Å²) >= 11 is 0. The molecule has 2 N–H and O–H groups in total. The standard InChI is InChI=1S/C30H30F3NO5/c1-17(35)34-21-10-7-18(8-11-21)22-12-13-23(30(31,32)33)26(27(28(36)37)39-29(2,3)4)25(22)20-9-14-24-19(16-20)6-5-15-38-24/h7-14,16,27H,5-6,15H2,1-4H3,(H,34,35)(H,36,37). The molecule has 0 aromatic heterocycles. The quantitative estimate of drug-likeness (QED) is 0.343. The highest BCUT2D eigenvalue weighted by atomic mass is 19.4. The SMILES string of the molecule is CC(=O)Nc1ccc(-c2ccc(C(F)(F)F)c(C(OC(C)(C)C)C(=O)O)c2-c2ccc3c(c2)CCCO3)cc1. The van der Waals surface area contributed by atoms with E-state index in [0.29, 0.717) is 41.2 Å². The van der Waals surface area contributed by atoms with Crippen LogP contribution in [-0.2, 0) is 26.9 Å². The number of alkyl halides is 3. The zero-order valence-electron chi connectivity index (χ0n) is 22.1. The van der Waals surface area contributed by atoms with E-state index < -0.39 is 35.0 Å². The molecular weight excluding hydrogens is 511 g/mol. The molecule has 4 rings (SSSR count). The lowest BCUT2D eigenvalue weighted by atomic mass is 9.84. The van der Waals surface area contributed by atoms with E-state index in [1.165, 1.54) is 13.0 Å². The highest BCUT2D eigenvalue weighted by molar-refractivity contribution is 5.92. The number of carbonyl (C=O) groups is 2. The molecule has 0 radical (unpaired) electrons. The lowest BCUT2D eigenvalue weighted by Gasteiger charge is -2.30. The minimum absolute atomic E-state index is 0.113. The number of anilines is 1. The summed E-state index contributed by atoms with van der Waals surface area (Å²) in [7, 11) is 0. The highest BCUT2D eigenvalue weighted by Crippen LogP contribution is 2.47. The molecule has 0 fully saturated rings. The molecule has 206 valence electrons. The molecule has 0 spiro atoms. The predicted molar refractivity (Wildman–Crippen MR) is 142 cm³/mol. The van der Waals surface area contributed by atoms with E-state index in [1.54, 1.807) is 63.2 Å². The third kappa shape index (κ3) is 6.42. The summed E-state index contributed by atoms with van der Waals surface area (Å²) in [5.74, 6) is -1.14. The number of hydrogen-bond acceptors (Lipinski definition) is 4. The van der Waals surface area contributed by atoms with Crippen LogP contribution in [0.25, 0.3) is 22.3 Å². The Bertz CT molecular complexity index is 1390. The molecule has 1 aliphatic rings. The largest absolute Gasteiger partial charge is 0.493 e. The van der Waals surface area contributed by atoms with Gasteiger partial charge in [-0.25, -0.2) is 4.79 Å². The number of rotatable bonds is 6. The summed E-state index contributed by atoms with van der Waals surface area (Å²) in [6.45, 7) is 6.70. The molecule has 9 heteroatoms. The van der Waals surface area contributed by atoms with Crippen molar-refractivity contribution in [3.63, 3.8) is 0 Å². The molecule has 1 unspecified atom stereocenters. The molecule has 0 bridgehead atoms. The van der Waals surface area contributed by atoms with Crippen molar-refractivity contribution in [2.75, 3.05) is 11.9 Å². The number of hydrogen-bond donors (Lipinski definition) is 2. The van der Waals surface area contributed by atoms with Gasteiger partial charge in [-0.15, -0.1) is 0 Å². The average molecular weight is 542 g/mol. The van der Waals surface area contributed by atoms with Crippen LogP contribution in [0.5, 0.6) is 5.75 Å². The van der Waals surface area contributed by atoms with Gasteiger partial charge in [0.1, 0.15) is 5.75 Å². The second-order valence-electron chi connectivity index (χ2n) is 10.4. The summed E-state index contributed by atoms with van der Waals surface area (Å²) in [4.78, 5) is 24.0. The number of fused-ring (bicyclic) bond motifs is 1. The minimum atomic E-state index is -4.84. The topological polar surface area (TPSA) is 84.9 Å². The van der Waals surface area contributed by atoms with Crippen molar-refractivity contribution >= 4 is 17.6 Å². The fourth-order valence-corrected chi connectivity index (χ4v) is 4.73. The first kappa shape index (κ1) is 28.2. The van der Waals surface area contributed by atoms with Crippen LogP contribution in [0.4, 0.5) is 18.9 Å². The summed E-state index contributed by atoms with van der Waals surface area (Å²) in [6.07, 6.45) is -5.31. The molecule has 6 nitrogen and oxygen atoms in total. The Morgan fingerprint density at radius 1 is 1.00 bits per heavy atom. The van der Waals surface area contributed by atoms with Crippen molar-refractivity contribution in [1.29, 1.82) is 0 Å². The molecule has 3 aromatic carbocycles. The third-order valence-electron chi connectivity index (χ3n) is 6.22. The third-order valence-corrected chi connectivity index (χ3v) is 6.22. The molecule has 0 saturated heterocycles. The summed E-state index contributed by atoms with van der Waals surface area (Å²) in [5, 5.41) is 12.8. The maximum atomic E-state index is 14.5. The summed E-state index contributed by atoms with van der Waals surface area (Å²) in [6, 6.07) is 14.0. The number of halogens is 3. The van der Waals surface area contributed by atoms with Gasteiger partial charge in [-0.3, -0.25) is 4.79 Å². The van der Waals surface area contributed by atoms with Gasteiger partial charge in [-0.1, -0.05) is 24.3 Å². The molecule has 1 aliphatic heterocycles. The first-order valence-electron chi connectivity index (χ1n) is 12.5. The van der Waals surface area contributed by atoms with Gasteiger partial charge in [0.05, 0.1) is 17.8 Å². The maximum Gasteiger partial charge on any atom is 0.416 e. The number of ether oxygens (including phenoxy) is 2. The van der Waals surface area contributed by atoms with E-state index in [1.807, 2.05) is 0 Å². The zero-order valence-corrected chi connectivity index (χ0v) is 22.1. The van der Waals surface area contributed by atoms with E-state index in [-0.39, 0.29) is 11.5 Å². The van der Waals surface area contributed by atoms with Crippen LogP contribution < -0.4 is 10.1 Å². The van der Waals surface area contributed by atoms with Gasteiger partial charge < -0.3 is 19.9 Å². The van der Waals surface area contributed by atoms with Crippen LogP contribution in [0.2, 0.25) is 0 Å². The Hall–Kier alpha value is -3.85. The van der Waals surface area contributed by atoms with E-state index >= 15 is 0 Å². The van der Waals surface area contributed by atoms with E-state index in [2.05, 4.69) is 5.32 Å². The van der Waals surface area contributed by atoms with Gasteiger partial charge in [0.15, 0.2) is 6.10 Å². The van der Waals surface area contributed by atoms with E-state index in [4.69, 9.17) is 9.47 Å². The lowest BCUT2D eigenvalue weighted by Crippen LogP contribution is -2.29. The first-order valence-corrected chi connectivity index (χ1v) is 12.5. The summed E-state index contributed by atoms with van der Waals surface area (Å²) < 4.78 is 54.9. The van der Waals surface area contributed by atoms with Crippen LogP contribution >= 0.6 is 0 Å². The van der Waals surface area contributed by atoms with Gasteiger partial charge in [0.2, 0.25) is 5.91 Å². The maximum absolute atomic E-state index is 14.5.